The van der Waals surface area contributed by atoms with Gasteiger partial charge in [-0.25, -0.2) is 4.79 Å². The number of hydrogen-bond acceptors (Lipinski definition) is 4. The Labute approximate surface area is 137 Å². The minimum absolute atomic E-state index is 0.218. The molecule has 8 heteroatoms. The van der Waals surface area contributed by atoms with Crippen molar-refractivity contribution in [1.82, 2.24) is 13.5 Å². The minimum Gasteiger partial charge on any atom is -0.445 e. The normalized spacial score (nSPS) is 17.1. The molecule has 2 rings (SSSR count). The van der Waals surface area contributed by atoms with Crippen LogP contribution in [0, 0.1) is 0 Å². The molecule has 23 heavy (non-hydrogen) atoms. The summed E-state index contributed by atoms with van der Waals surface area (Å²) in [4.78, 5) is 13.7. The van der Waals surface area contributed by atoms with Gasteiger partial charge in [-0.1, -0.05) is 30.3 Å². The van der Waals surface area contributed by atoms with Crippen molar-refractivity contribution < 1.29 is 17.9 Å². The maximum absolute atomic E-state index is 12.1. The van der Waals surface area contributed by atoms with Gasteiger partial charge in [0.2, 0.25) is 0 Å². The zero-order valence-corrected chi connectivity index (χ0v) is 14.3. The summed E-state index contributed by atoms with van der Waals surface area (Å²) in [7, 11) is -0.428. The van der Waals surface area contributed by atoms with E-state index in [4.69, 9.17) is 4.74 Å². The molecule has 0 bridgehead atoms. The van der Waals surface area contributed by atoms with E-state index in [2.05, 4.69) is 0 Å². The number of benzene rings is 1. The van der Waals surface area contributed by atoms with E-state index in [1.54, 1.807) is 4.90 Å². The second kappa shape index (κ2) is 7.76. The molecule has 1 heterocycles. The fraction of sp³-hybridized carbons (Fsp3) is 0.533. The Balaban J connectivity index is 1.89. The van der Waals surface area contributed by atoms with E-state index in [9.17, 15) is 13.2 Å². The molecular formula is C15H23N3O4S. The zero-order valence-electron chi connectivity index (χ0n) is 13.5. The molecule has 0 N–H and O–H groups in total. The van der Waals surface area contributed by atoms with Crippen LogP contribution in [0.1, 0.15) is 12.0 Å². The van der Waals surface area contributed by atoms with E-state index in [0.717, 1.165) is 5.56 Å². The first-order valence-electron chi connectivity index (χ1n) is 7.54. The lowest BCUT2D eigenvalue weighted by molar-refractivity contribution is 0.0979. The highest BCUT2D eigenvalue weighted by molar-refractivity contribution is 7.86. The molecule has 1 aromatic carbocycles. The molecule has 0 aliphatic carbocycles. The molecule has 1 fully saturated rings. The van der Waals surface area contributed by atoms with E-state index in [1.165, 1.54) is 22.7 Å². The smallest absolute Gasteiger partial charge is 0.410 e. The number of amides is 1. The van der Waals surface area contributed by atoms with E-state index in [1.807, 2.05) is 30.3 Å². The Morgan fingerprint density at radius 3 is 2.48 bits per heavy atom. The lowest BCUT2D eigenvalue weighted by Crippen LogP contribution is -2.42. The number of hydrogen-bond donors (Lipinski definition) is 0. The summed E-state index contributed by atoms with van der Waals surface area (Å²) in [5, 5.41) is 0. The van der Waals surface area contributed by atoms with Crippen LogP contribution in [0.5, 0.6) is 0 Å². The summed E-state index contributed by atoms with van der Waals surface area (Å²) in [6.07, 6.45) is 0.186. The number of ether oxygens (including phenoxy) is 1. The lowest BCUT2D eigenvalue weighted by Gasteiger charge is -2.24. The third-order valence-electron chi connectivity index (χ3n) is 3.71. The van der Waals surface area contributed by atoms with Crippen molar-refractivity contribution >= 4 is 16.3 Å². The van der Waals surface area contributed by atoms with Crippen LogP contribution in [0.2, 0.25) is 0 Å². The van der Waals surface area contributed by atoms with Gasteiger partial charge in [0.05, 0.1) is 0 Å². The van der Waals surface area contributed by atoms with Gasteiger partial charge in [0.1, 0.15) is 6.61 Å². The summed E-state index contributed by atoms with van der Waals surface area (Å²) in [6.45, 7) is 1.73. The first-order valence-corrected chi connectivity index (χ1v) is 8.94. The molecule has 7 nitrogen and oxygen atoms in total. The van der Waals surface area contributed by atoms with E-state index >= 15 is 0 Å². The van der Waals surface area contributed by atoms with Crippen LogP contribution in [0.25, 0.3) is 0 Å². The molecule has 1 amide bonds. The van der Waals surface area contributed by atoms with Crippen LogP contribution in [-0.4, -0.2) is 68.3 Å². The number of rotatable bonds is 4. The van der Waals surface area contributed by atoms with Crippen molar-refractivity contribution in [3.05, 3.63) is 35.9 Å². The molecule has 0 radical (unpaired) electrons. The third kappa shape index (κ3) is 4.66. The first kappa shape index (κ1) is 17.7. The fourth-order valence-corrected chi connectivity index (χ4v) is 3.48. The maximum atomic E-state index is 12.1. The van der Waals surface area contributed by atoms with Gasteiger partial charge >= 0.3 is 6.09 Å². The van der Waals surface area contributed by atoms with Gasteiger partial charge in [0, 0.05) is 40.3 Å². The summed E-state index contributed by atoms with van der Waals surface area (Å²) in [5.41, 5.74) is 0.924. The predicted molar refractivity (Wildman–Crippen MR) is 87.0 cm³/mol. The van der Waals surface area contributed by atoms with Crippen LogP contribution in [0.15, 0.2) is 30.3 Å². The van der Waals surface area contributed by atoms with Crippen LogP contribution < -0.4 is 0 Å². The zero-order chi connectivity index (χ0) is 16.9. The van der Waals surface area contributed by atoms with E-state index < -0.39 is 16.3 Å². The number of carbonyl (C=O) groups excluding carboxylic acids is 1. The van der Waals surface area contributed by atoms with Crippen molar-refractivity contribution in [2.75, 3.05) is 40.3 Å². The van der Waals surface area contributed by atoms with Gasteiger partial charge in [0.25, 0.3) is 10.2 Å². The molecule has 0 saturated carbocycles. The highest BCUT2D eigenvalue weighted by Gasteiger charge is 2.28. The number of nitrogens with zero attached hydrogens (tertiary/aromatic N) is 3. The molecule has 0 aromatic heterocycles. The van der Waals surface area contributed by atoms with Gasteiger partial charge < -0.3 is 9.64 Å². The molecular weight excluding hydrogens is 318 g/mol. The van der Waals surface area contributed by atoms with Gasteiger partial charge in [0.15, 0.2) is 0 Å². The lowest BCUT2D eigenvalue weighted by atomic mass is 10.2. The SMILES string of the molecule is CN(C)S(=O)(=O)N1CCCN(C(=O)OCc2ccccc2)CC1. The molecule has 1 saturated heterocycles. The highest BCUT2D eigenvalue weighted by Crippen LogP contribution is 2.11. The first-order chi connectivity index (χ1) is 10.9. The summed E-state index contributed by atoms with van der Waals surface area (Å²) in [6, 6.07) is 9.46. The third-order valence-corrected chi connectivity index (χ3v) is 5.65. The van der Waals surface area contributed by atoms with Crippen molar-refractivity contribution in [3.63, 3.8) is 0 Å². The van der Waals surface area contributed by atoms with Crippen molar-refractivity contribution in [3.8, 4) is 0 Å². The summed E-state index contributed by atoms with van der Waals surface area (Å²) < 4.78 is 32.2. The summed E-state index contributed by atoms with van der Waals surface area (Å²) in [5.74, 6) is 0. The molecule has 128 valence electrons. The predicted octanol–water partition coefficient (Wildman–Crippen LogP) is 1.14. The molecule has 0 atom stereocenters. The van der Waals surface area contributed by atoms with Gasteiger partial charge in [-0.2, -0.15) is 17.0 Å². The Morgan fingerprint density at radius 2 is 1.83 bits per heavy atom. The van der Waals surface area contributed by atoms with Gasteiger partial charge in [-0.05, 0) is 12.0 Å². The maximum Gasteiger partial charge on any atom is 0.410 e. The topological polar surface area (TPSA) is 70.2 Å². The van der Waals surface area contributed by atoms with Gasteiger partial charge in [-0.15, -0.1) is 0 Å². The van der Waals surface area contributed by atoms with Gasteiger partial charge in [-0.3, -0.25) is 0 Å². The number of carbonyl (C=O) groups is 1. The average molecular weight is 341 g/mol. The van der Waals surface area contributed by atoms with E-state index in [0.29, 0.717) is 26.1 Å². The molecule has 1 aliphatic rings. The molecule has 0 spiro atoms. The average Bonchev–Trinajstić information content (AvgIpc) is 2.80. The Kier molecular flexibility index (Phi) is 5.97. The quantitative estimate of drug-likeness (QED) is 0.823. The molecule has 1 aromatic rings. The monoisotopic (exact) mass is 341 g/mol. The van der Waals surface area contributed by atoms with E-state index in [-0.39, 0.29) is 13.2 Å². The van der Waals surface area contributed by atoms with Crippen molar-refractivity contribution in [1.29, 1.82) is 0 Å². The Morgan fingerprint density at radius 1 is 1.13 bits per heavy atom. The molecule has 1 aliphatic heterocycles. The van der Waals surface area contributed by atoms with Crippen LogP contribution in [-0.2, 0) is 21.6 Å². The van der Waals surface area contributed by atoms with Crippen LogP contribution in [0.3, 0.4) is 0 Å². The summed E-state index contributed by atoms with van der Waals surface area (Å²) >= 11 is 0. The highest BCUT2D eigenvalue weighted by atomic mass is 32.2. The van der Waals surface area contributed by atoms with Crippen molar-refractivity contribution in [2.24, 2.45) is 0 Å². The van der Waals surface area contributed by atoms with Crippen LogP contribution in [0.4, 0.5) is 4.79 Å². The second-order valence-electron chi connectivity index (χ2n) is 5.57. The Bertz CT molecular complexity index is 619. The minimum atomic E-state index is -3.44. The van der Waals surface area contributed by atoms with Crippen LogP contribution >= 0.6 is 0 Å². The second-order valence-corrected chi connectivity index (χ2v) is 7.71. The Hall–Kier alpha value is -1.64. The largest absolute Gasteiger partial charge is 0.445 e. The fourth-order valence-electron chi connectivity index (χ4n) is 2.35. The molecule has 0 unspecified atom stereocenters. The van der Waals surface area contributed by atoms with Crippen molar-refractivity contribution in [2.45, 2.75) is 13.0 Å². The standard InChI is InChI=1S/C15H23N3O4S/c1-16(2)23(20,21)18-10-6-9-17(11-12-18)15(19)22-13-14-7-4-3-5-8-14/h3-5,7-8H,6,9-13H2,1-2H3.